The van der Waals surface area contributed by atoms with Crippen molar-refractivity contribution in [3.8, 4) is 11.5 Å². The summed E-state index contributed by atoms with van der Waals surface area (Å²) in [5.74, 6) is 0.679. The molecule has 0 radical (unpaired) electrons. The summed E-state index contributed by atoms with van der Waals surface area (Å²) in [6.45, 7) is 2.01. The number of hydrogen-bond donors (Lipinski definition) is 2. The van der Waals surface area contributed by atoms with Crippen LogP contribution in [0.4, 0.5) is 11.4 Å². The Labute approximate surface area is 150 Å². The standard InChI is InChI=1S/C17H18Cl2N2O3/c1-10-6-11(18)4-5-13(10)20-9-17(22)21-14-8-15(23-2)12(19)7-16(14)24-3/h4-8,20H,9H2,1-3H3,(H,21,22). The third-order valence-electron chi connectivity index (χ3n) is 3.38. The summed E-state index contributed by atoms with van der Waals surface area (Å²) in [7, 11) is 3.01. The lowest BCUT2D eigenvalue weighted by Crippen LogP contribution is -2.22. The van der Waals surface area contributed by atoms with E-state index >= 15 is 0 Å². The van der Waals surface area contributed by atoms with E-state index in [-0.39, 0.29) is 12.5 Å². The highest BCUT2D eigenvalue weighted by Gasteiger charge is 2.12. The number of aryl methyl sites for hydroxylation is 1. The van der Waals surface area contributed by atoms with Gasteiger partial charge in [0.1, 0.15) is 11.5 Å². The number of benzene rings is 2. The lowest BCUT2D eigenvalue weighted by Gasteiger charge is -2.14. The highest BCUT2D eigenvalue weighted by molar-refractivity contribution is 6.32. The van der Waals surface area contributed by atoms with Crippen LogP contribution in [0.25, 0.3) is 0 Å². The minimum Gasteiger partial charge on any atom is -0.495 e. The Balaban J connectivity index is 2.06. The summed E-state index contributed by atoms with van der Waals surface area (Å²) in [5, 5.41) is 6.90. The lowest BCUT2D eigenvalue weighted by molar-refractivity contribution is -0.114. The van der Waals surface area contributed by atoms with Crippen LogP contribution in [0.3, 0.4) is 0 Å². The minimum atomic E-state index is -0.230. The topological polar surface area (TPSA) is 59.6 Å². The third-order valence-corrected chi connectivity index (χ3v) is 3.91. The van der Waals surface area contributed by atoms with Crippen molar-refractivity contribution >= 4 is 40.5 Å². The first kappa shape index (κ1) is 18.2. The molecule has 0 aliphatic heterocycles. The molecule has 0 atom stereocenters. The Morgan fingerprint density at radius 2 is 1.75 bits per heavy atom. The third kappa shape index (κ3) is 4.46. The van der Waals surface area contributed by atoms with Crippen LogP contribution in [0.15, 0.2) is 30.3 Å². The molecule has 0 heterocycles. The summed E-state index contributed by atoms with van der Waals surface area (Å²) in [5.41, 5.74) is 2.29. The molecule has 0 aromatic heterocycles. The van der Waals surface area contributed by atoms with Crippen LogP contribution in [0.5, 0.6) is 11.5 Å². The number of carbonyl (C=O) groups excluding carboxylic acids is 1. The van der Waals surface area contributed by atoms with Crippen LogP contribution in [0, 0.1) is 6.92 Å². The number of hydrogen-bond acceptors (Lipinski definition) is 4. The summed E-state index contributed by atoms with van der Waals surface area (Å²) in [4.78, 5) is 12.2. The molecule has 2 rings (SSSR count). The monoisotopic (exact) mass is 368 g/mol. The molecular weight excluding hydrogens is 351 g/mol. The number of ether oxygens (including phenoxy) is 2. The molecule has 0 saturated carbocycles. The minimum absolute atomic E-state index is 0.0938. The zero-order valence-corrected chi connectivity index (χ0v) is 15.1. The van der Waals surface area contributed by atoms with Crippen molar-refractivity contribution in [3.05, 3.63) is 45.9 Å². The summed E-state index contributed by atoms with van der Waals surface area (Å²) in [6, 6.07) is 8.63. The van der Waals surface area contributed by atoms with Gasteiger partial charge in [-0.15, -0.1) is 0 Å². The number of methoxy groups -OCH3 is 2. The molecule has 5 nitrogen and oxygen atoms in total. The number of carbonyl (C=O) groups is 1. The summed E-state index contributed by atoms with van der Waals surface area (Å²) < 4.78 is 10.4. The van der Waals surface area contributed by atoms with E-state index in [1.165, 1.54) is 14.2 Å². The molecule has 24 heavy (non-hydrogen) atoms. The summed E-state index contributed by atoms with van der Waals surface area (Å²) >= 11 is 12.0. The van der Waals surface area contributed by atoms with Crippen LogP contribution in [0.2, 0.25) is 10.0 Å². The Morgan fingerprint density at radius 3 is 2.38 bits per heavy atom. The number of rotatable bonds is 6. The maximum Gasteiger partial charge on any atom is 0.243 e. The second-order valence-corrected chi connectivity index (χ2v) is 5.89. The van der Waals surface area contributed by atoms with Gasteiger partial charge in [0.15, 0.2) is 0 Å². The van der Waals surface area contributed by atoms with Gasteiger partial charge in [-0.3, -0.25) is 4.79 Å². The van der Waals surface area contributed by atoms with Crippen molar-refractivity contribution in [3.63, 3.8) is 0 Å². The Hall–Kier alpha value is -2.11. The van der Waals surface area contributed by atoms with E-state index in [0.717, 1.165) is 11.3 Å². The Morgan fingerprint density at radius 1 is 1.04 bits per heavy atom. The average Bonchev–Trinajstić information content (AvgIpc) is 2.55. The van der Waals surface area contributed by atoms with Crippen molar-refractivity contribution in [2.75, 3.05) is 31.4 Å². The van der Waals surface area contributed by atoms with Crippen molar-refractivity contribution in [1.29, 1.82) is 0 Å². The van der Waals surface area contributed by atoms with Gasteiger partial charge in [-0.05, 0) is 30.7 Å². The summed E-state index contributed by atoms with van der Waals surface area (Å²) in [6.07, 6.45) is 0. The first-order chi connectivity index (χ1) is 11.4. The molecule has 0 saturated heterocycles. The van der Waals surface area contributed by atoms with E-state index in [1.54, 1.807) is 18.2 Å². The zero-order chi connectivity index (χ0) is 17.7. The Bertz CT molecular complexity index is 751. The number of anilines is 2. The lowest BCUT2D eigenvalue weighted by atomic mass is 10.2. The van der Waals surface area contributed by atoms with Crippen molar-refractivity contribution in [2.24, 2.45) is 0 Å². The van der Waals surface area contributed by atoms with Gasteiger partial charge in [-0.25, -0.2) is 0 Å². The molecule has 7 heteroatoms. The van der Waals surface area contributed by atoms with Crippen molar-refractivity contribution in [2.45, 2.75) is 6.92 Å². The first-order valence-electron chi connectivity index (χ1n) is 7.16. The molecule has 128 valence electrons. The molecule has 2 aromatic carbocycles. The second kappa shape index (κ2) is 8.13. The van der Waals surface area contributed by atoms with Crippen LogP contribution in [-0.4, -0.2) is 26.7 Å². The van der Waals surface area contributed by atoms with Gasteiger partial charge in [0.2, 0.25) is 5.91 Å². The van der Waals surface area contributed by atoms with Gasteiger partial charge >= 0.3 is 0 Å². The number of nitrogens with one attached hydrogen (secondary N) is 2. The van der Waals surface area contributed by atoms with Crippen LogP contribution in [0.1, 0.15) is 5.56 Å². The smallest absolute Gasteiger partial charge is 0.243 e. The molecule has 0 spiro atoms. The van der Waals surface area contributed by atoms with E-state index in [0.29, 0.717) is 27.2 Å². The van der Waals surface area contributed by atoms with E-state index in [2.05, 4.69) is 10.6 Å². The van der Waals surface area contributed by atoms with Gasteiger partial charge < -0.3 is 20.1 Å². The van der Waals surface area contributed by atoms with Gasteiger partial charge in [0.25, 0.3) is 0 Å². The zero-order valence-electron chi connectivity index (χ0n) is 13.6. The first-order valence-corrected chi connectivity index (χ1v) is 7.91. The largest absolute Gasteiger partial charge is 0.495 e. The van der Waals surface area contributed by atoms with Crippen LogP contribution < -0.4 is 20.1 Å². The molecule has 0 aliphatic carbocycles. The molecule has 1 amide bonds. The van der Waals surface area contributed by atoms with E-state index in [9.17, 15) is 4.79 Å². The molecule has 0 bridgehead atoms. The maximum absolute atomic E-state index is 12.2. The fourth-order valence-corrected chi connectivity index (χ4v) is 2.61. The molecule has 0 aliphatic rings. The highest BCUT2D eigenvalue weighted by atomic mass is 35.5. The molecule has 0 fully saturated rings. The average molecular weight is 369 g/mol. The predicted molar refractivity (Wildman–Crippen MR) is 97.9 cm³/mol. The maximum atomic E-state index is 12.2. The fourth-order valence-electron chi connectivity index (χ4n) is 2.15. The normalized spacial score (nSPS) is 10.2. The fraction of sp³-hybridized carbons (Fsp3) is 0.235. The van der Waals surface area contributed by atoms with Gasteiger partial charge in [0.05, 0.1) is 31.5 Å². The number of amides is 1. The molecule has 2 N–H and O–H groups in total. The van der Waals surface area contributed by atoms with Crippen LogP contribution >= 0.6 is 23.2 Å². The predicted octanol–water partition coefficient (Wildman–Crippen LogP) is 4.37. The molecule has 0 unspecified atom stereocenters. The van der Waals surface area contributed by atoms with Crippen molar-refractivity contribution < 1.29 is 14.3 Å². The Kier molecular flexibility index (Phi) is 6.17. The van der Waals surface area contributed by atoms with Crippen molar-refractivity contribution in [1.82, 2.24) is 0 Å². The molecular formula is C17H18Cl2N2O3. The van der Waals surface area contributed by atoms with E-state index in [1.807, 2.05) is 19.1 Å². The highest BCUT2D eigenvalue weighted by Crippen LogP contribution is 2.35. The molecule has 2 aromatic rings. The van der Waals surface area contributed by atoms with Gasteiger partial charge in [-0.2, -0.15) is 0 Å². The van der Waals surface area contributed by atoms with E-state index < -0.39 is 0 Å². The number of halogens is 2. The van der Waals surface area contributed by atoms with E-state index in [4.69, 9.17) is 32.7 Å². The van der Waals surface area contributed by atoms with Crippen LogP contribution in [-0.2, 0) is 4.79 Å². The quantitative estimate of drug-likeness (QED) is 0.794. The second-order valence-electron chi connectivity index (χ2n) is 5.05. The SMILES string of the molecule is COc1cc(NC(=O)CNc2ccc(Cl)cc2C)c(OC)cc1Cl. The van der Waals surface area contributed by atoms with Gasteiger partial charge in [0, 0.05) is 22.8 Å². The van der Waals surface area contributed by atoms with Gasteiger partial charge in [-0.1, -0.05) is 23.2 Å².